The summed E-state index contributed by atoms with van der Waals surface area (Å²) in [6.45, 7) is 1.96. The quantitative estimate of drug-likeness (QED) is 0.683. The zero-order valence-electron chi connectivity index (χ0n) is 11.0. The van der Waals surface area contributed by atoms with Crippen molar-refractivity contribution in [2.45, 2.75) is 13.5 Å². The number of carbonyl (C=O) groups excluding carboxylic acids is 1. The molecular formula is C16H13FN2O. The molecule has 0 amide bonds. The summed E-state index contributed by atoms with van der Waals surface area (Å²) in [5.41, 5.74) is 2.94. The Labute approximate surface area is 115 Å². The van der Waals surface area contributed by atoms with Crippen molar-refractivity contribution >= 4 is 16.8 Å². The highest BCUT2D eigenvalue weighted by atomic mass is 19.1. The Morgan fingerprint density at radius 2 is 2.05 bits per heavy atom. The molecule has 0 N–H and O–H groups in total. The number of benzene rings is 2. The van der Waals surface area contributed by atoms with Crippen LogP contribution in [0.2, 0.25) is 0 Å². The number of fused-ring (bicyclic) bond motifs is 1. The van der Waals surface area contributed by atoms with Crippen LogP contribution in [0.3, 0.4) is 0 Å². The summed E-state index contributed by atoms with van der Waals surface area (Å²) in [6.07, 6.45) is 1.64. The molecule has 0 aliphatic carbocycles. The summed E-state index contributed by atoms with van der Waals surface area (Å²) in [6, 6.07) is 11.9. The number of rotatable bonds is 3. The van der Waals surface area contributed by atoms with Crippen LogP contribution in [-0.2, 0) is 6.54 Å². The fourth-order valence-electron chi connectivity index (χ4n) is 2.27. The predicted octanol–water partition coefficient (Wildman–Crippen LogP) is 3.37. The van der Waals surface area contributed by atoms with Crippen LogP contribution in [0.15, 0.2) is 48.8 Å². The Morgan fingerprint density at radius 1 is 1.25 bits per heavy atom. The maximum Gasteiger partial charge on any atom is 0.182 e. The highest BCUT2D eigenvalue weighted by Crippen LogP contribution is 2.15. The first-order valence-electron chi connectivity index (χ1n) is 6.34. The molecule has 100 valence electrons. The fraction of sp³-hybridized carbons (Fsp3) is 0.125. The summed E-state index contributed by atoms with van der Waals surface area (Å²) >= 11 is 0. The van der Waals surface area contributed by atoms with Crippen LogP contribution < -0.4 is 0 Å². The molecule has 4 heteroatoms. The van der Waals surface area contributed by atoms with Gasteiger partial charge >= 0.3 is 0 Å². The van der Waals surface area contributed by atoms with Gasteiger partial charge in [-0.15, -0.1) is 0 Å². The van der Waals surface area contributed by atoms with E-state index in [1.165, 1.54) is 12.1 Å². The van der Waals surface area contributed by atoms with E-state index in [1.807, 2.05) is 24.3 Å². The normalized spacial score (nSPS) is 10.9. The van der Waals surface area contributed by atoms with E-state index in [-0.39, 0.29) is 12.3 Å². The highest BCUT2D eigenvalue weighted by molar-refractivity contribution is 5.97. The number of para-hydroxylation sites is 2. The van der Waals surface area contributed by atoms with Gasteiger partial charge in [-0.1, -0.05) is 18.2 Å². The summed E-state index contributed by atoms with van der Waals surface area (Å²) in [4.78, 5) is 16.6. The largest absolute Gasteiger partial charge is 0.323 e. The number of carbonyl (C=O) groups is 1. The van der Waals surface area contributed by atoms with Crippen LogP contribution in [0.25, 0.3) is 11.0 Å². The van der Waals surface area contributed by atoms with Crippen LogP contribution in [0.5, 0.6) is 0 Å². The van der Waals surface area contributed by atoms with Crippen molar-refractivity contribution < 1.29 is 9.18 Å². The van der Waals surface area contributed by atoms with Crippen molar-refractivity contribution in [1.29, 1.82) is 0 Å². The van der Waals surface area contributed by atoms with E-state index >= 15 is 0 Å². The predicted molar refractivity (Wildman–Crippen MR) is 75.2 cm³/mol. The summed E-state index contributed by atoms with van der Waals surface area (Å²) in [5, 5.41) is 0. The van der Waals surface area contributed by atoms with E-state index in [0.717, 1.165) is 16.6 Å². The minimum absolute atomic E-state index is 0.120. The fourth-order valence-corrected chi connectivity index (χ4v) is 2.27. The molecule has 3 nitrogen and oxygen atoms in total. The van der Waals surface area contributed by atoms with Gasteiger partial charge in [0.2, 0.25) is 0 Å². The van der Waals surface area contributed by atoms with E-state index in [4.69, 9.17) is 0 Å². The molecular weight excluding hydrogens is 255 g/mol. The molecule has 0 aliphatic heterocycles. The van der Waals surface area contributed by atoms with Gasteiger partial charge in [0.1, 0.15) is 5.82 Å². The number of hydrogen-bond donors (Lipinski definition) is 0. The number of halogens is 1. The summed E-state index contributed by atoms with van der Waals surface area (Å²) in [7, 11) is 0. The first kappa shape index (κ1) is 12.5. The van der Waals surface area contributed by atoms with E-state index < -0.39 is 5.82 Å². The molecule has 0 saturated heterocycles. The van der Waals surface area contributed by atoms with Gasteiger partial charge in [0.05, 0.1) is 23.9 Å². The number of nitrogens with zero attached hydrogens (tertiary/aromatic N) is 2. The van der Waals surface area contributed by atoms with Gasteiger partial charge in [-0.05, 0) is 36.8 Å². The highest BCUT2D eigenvalue weighted by Gasteiger charge is 2.12. The van der Waals surface area contributed by atoms with Gasteiger partial charge in [0, 0.05) is 5.56 Å². The lowest BCUT2D eigenvalue weighted by Gasteiger charge is -2.07. The molecule has 0 fully saturated rings. The molecule has 0 bridgehead atoms. The van der Waals surface area contributed by atoms with Gasteiger partial charge in [0.15, 0.2) is 5.78 Å². The lowest BCUT2D eigenvalue weighted by Crippen LogP contribution is -2.11. The molecule has 0 aliphatic rings. The standard InChI is InChI=1S/C16H13FN2O/c1-11-6-7-12(17)8-13(11)16(20)9-19-10-18-14-4-2-3-5-15(14)19/h2-8,10H,9H2,1H3. The lowest BCUT2D eigenvalue weighted by atomic mass is 10.0. The molecule has 20 heavy (non-hydrogen) atoms. The van der Waals surface area contributed by atoms with Gasteiger partial charge in [0.25, 0.3) is 0 Å². The van der Waals surface area contributed by atoms with Crippen molar-refractivity contribution in [3.05, 3.63) is 65.7 Å². The third-order valence-electron chi connectivity index (χ3n) is 3.34. The van der Waals surface area contributed by atoms with Crippen LogP contribution in [0.1, 0.15) is 15.9 Å². The number of hydrogen-bond acceptors (Lipinski definition) is 2. The lowest BCUT2D eigenvalue weighted by molar-refractivity contribution is 0.0972. The van der Waals surface area contributed by atoms with Crippen LogP contribution >= 0.6 is 0 Å². The van der Waals surface area contributed by atoms with E-state index in [0.29, 0.717) is 5.56 Å². The van der Waals surface area contributed by atoms with E-state index in [9.17, 15) is 9.18 Å². The summed E-state index contributed by atoms with van der Waals surface area (Å²) in [5.74, 6) is -0.514. The molecule has 2 aromatic carbocycles. The van der Waals surface area contributed by atoms with E-state index in [1.54, 1.807) is 23.9 Å². The number of imidazole rings is 1. The van der Waals surface area contributed by atoms with Crippen molar-refractivity contribution in [3.8, 4) is 0 Å². The monoisotopic (exact) mass is 268 g/mol. The molecule has 0 spiro atoms. The van der Waals surface area contributed by atoms with Crippen LogP contribution in [0.4, 0.5) is 4.39 Å². The minimum Gasteiger partial charge on any atom is -0.323 e. The Kier molecular flexibility index (Phi) is 3.06. The maximum absolute atomic E-state index is 13.3. The molecule has 0 atom stereocenters. The zero-order chi connectivity index (χ0) is 14.1. The van der Waals surface area contributed by atoms with Gasteiger partial charge in [-0.2, -0.15) is 0 Å². The number of aryl methyl sites for hydroxylation is 1. The number of aromatic nitrogens is 2. The molecule has 0 unspecified atom stereocenters. The Balaban J connectivity index is 1.94. The third kappa shape index (κ3) is 2.20. The van der Waals surface area contributed by atoms with Gasteiger partial charge < -0.3 is 4.57 Å². The van der Waals surface area contributed by atoms with Crippen molar-refractivity contribution in [1.82, 2.24) is 9.55 Å². The molecule has 3 aromatic rings. The first-order valence-corrected chi connectivity index (χ1v) is 6.34. The topological polar surface area (TPSA) is 34.9 Å². The maximum atomic E-state index is 13.3. The van der Waals surface area contributed by atoms with E-state index in [2.05, 4.69) is 4.98 Å². The smallest absolute Gasteiger partial charge is 0.182 e. The first-order chi connectivity index (χ1) is 9.65. The number of Topliss-reactive ketones (excluding diaryl/α,β-unsaturated/α-hetero) is 1. The number of ketones is 1. The molecule has 3 rings (SSSR count). The van der Waals surface area contributed by atoms with Crippen molar-refractivity contribution in [3.63, 3.8) is 0 Å². The Bertz CT molecular complexity index is 792. The molecule has 0 radical (unpaired) electrons. The van der Waals surface area contributed by atoms with Crippen molar-refractivity contribution in [2.75, 3.05) is 0 Å². The Hall–Kier alpha value is -2.49. The van der Waals surface area contributed by atoms with Crippen LogP contribution in [-0.4, -0.2) is 15.3 Å². The van der Waals surface area contributed by atoms with Gasteiger partial charge in [-0.25, -0.2) is 9.37 Å². The van der Waals surface area contributed by atoms with Crippen molar-refractivity contribution in [2.24, 2.45) is 0 Å². The van der Waals surface area contributed by atoms with Crippen LogP contribution in [0, 0.1) is 12.7 Å². The average molecular weight is 268 g/mol. The second-order valence-corrected chi connectivity index (χ2v) is 4.74. The minimum atomic E-state index is -0.394. The SMILES string of the molecule is Cc1ccc(F)cc1C(=O)Cn1cnc2ccccc21. The second kappa shape index (κ2) is 4.89. The third-order valence-corrected chi connectivity index (χ3v) is 3.34. The zero-order valence-corrected chi connectivity index (χ0v) is 11.0. The Morgan fingerprint density at radius 3 is 2.90 bits per heavy atom. The average Bonchev–Trinajstić information content (AvgIpc) is 2.85. The molecule has 0 saturated carbocycles. The molecule has 1 heterocycles. The summed E-state index contributed by atoms with van der Waals surface area (Å²) < 4.78 is 15.0. The van der Waals surface area contributed by atoms with Gasteiger partial charge in [-0.3, -0.25) is 4.79 Å². The second-order valence-electron chi connectivity index (χ2n) is 4.74. The molecule has 1 aromatic heterocycles.